The van der Waals surface area contributed by atoms with Crippen molar-refractivity contribution >= 4 is 17.0 Å². The molecule has 2 N–H and O–H groups in total. The molecule has 20 heavy (non-hydrogen) atoms. The number of hydrogen-bond donors (Lipinski definition) is 2. The largest absolute Gasteiger partial charge is 0.352 e. The second-order valence-corrected chi connectivity index (χ2v) is 5.85. The van der Waals surface area contributed by atoms with Crippen LogP contribution in [0.25, 0.3) is 11.2 Å². The van der Waals surface area contributed by atoms with Crippen LogP contribution in [0.5, 0.6) is 0 Å². The first-order chi connectivity index (χ1) is 9.85. The summed E-state index contributed by atoms with van der Waals surface area (Å²) in [6, 6.07) is 1.94. The van der Waals surface area contributed by atoms with Crippen molar-refractivity contribution in [3.05, 3.63) is 12.7 Å². The van der Waals surface area contributed by atoms with Crippen molar-refractivity contribution in [2.75, 3.05) is 11.4 Å². The summed E-state index contributed by atoms with van der Waals surface area (Å²) in [5.41, 5.74) is 1.71. The maximum atomic E-state index is 4.52. The fraction of sp³-hybridized carbons (Fsp3) is 0.643. The van der Waals surface area contributed by atoms with Crippen LogP contribution < -0.4 is 10.2 Å². The Hall–Kier alpha value is -1.69. The Balaban J connectivity index is 1.69. The minimum atomic E-state index is 0.570. The Labute approximate surface area is 118 Å². The number of H-pyrrole nitrogens is 1. The van der Waals surface area contributed by atoms with E-state index in [4.69, 9.17) is 0 Å². The van der Waals surface area contributed by atoms with E-state index in [0.717, 1.165) is 23.5 Å². The van der Waals surface area contributed by atoms with Gasteiger partial charge < -0.3 is 15.2 Å². The SMILES string of the molecule is CCN(c1ncnc2nc[nH]c12)C1CC2CCC(C1)N2. The molecule has 0 amide bonds. The molecule has 0 radical (unpaired) electrons. The molecule has 2 aromatic rings. The average Bonchev–Trinajstić information content (AvgIpc) is 3.07. The Bertz CT molecular complexity index is 596. The summed E-state index contributed by atoms with van der Waals surface area (Å²) >= 11 is 0. The molecule has 0 saturated carbocycles. The summed E-state index contributed by atoms with van der Waals surface area (Å²) in [6.07, 6.45) is 8.39. The van der Waals surface area contributed by atoms with E-state index in [0.29, 0.717) is 18.1 Å². The van der Waals surface area contributed by atoms with Gasteiger partial charge in [-0.15, -0.1) is 0 Å². The van der Waals surface area contributed by atoms with Gasteiger partial charge in [0, 0.05) is 24.7 Å². The van der Waals surface area contributed by atoms with Gasteiger partial charge >= 0.3 is 0 Å². The number of aromatic nitrogens is 4. The molecule has 2 bridgehead atoms. The number of piperidine rings is 1. The van der Waals surface area contributed by atoms with E-state index >= 15 is 0 Å². The fourth-order valence-corrected chi connectivity index (χ4v) is 3.83. The molecular formula is C14H20N6. The number of hydrogen-bond acceptors (Lipinski definition) is 5. The van der Waals surface area contributed by atoms with Crippen LogP contribution in [-0.4, -0.2) is 44.6 Å². The van der Waals surface area contributed by atoms with Crippen molar-refractivity contribution in [2.24, 2.45) is 0 Å². The molecule has 0 aromatic carbocycles. The normalized spacial score (nSPS) is 28.9. The van der Waals surface area contributed by atoms with Gasteiger partial charge in [0.15, 0.2) is 11.5 Å². The van der Waals surface area contributed by atoms with Crippen LogP contribution in [0, 0.1) is 0 Å². The molecule has 2 atom stereocenters. The highest BCUT2D eigenvalue weighted by Crippen LogP contribution is 2.32. The number of nitrogens with zero attached hydrogens (tertiary/aromatic N) is 4. The number of imidazole rings is 1. The van der Waals surface area contributed by atoms with Gasteiger partial charge in [0.2, 0.25) is 0 Å². The highest BCUT2D eigenvalue weighted by molar-refractivity contribution is 5.82. The molecule has 6 heteroatoms. The Morgan fingerprint density at radius 3 is 2.75 bits per heavy atom. The minimum Gasteiger partial charge on any atom is -0.352 e. The number of fused-ring (bicyclic) bond motifs is 3. The molecule has 4 rings (SSSR count). The molecule has 0 aliphatic carbocycles. The second kappa shape index (κ2) is 4.70. The third-order valence-electron chi connectivity index (χ3n) is 4.70. The summed E-state index contributed by atoms with van der Waals surface area (Å²) in [4.78, 5) is 18.6. The highest BCUT2D eigenvalue weighted by Gasteiger charge is 2.36. The zero-order valence-electron chi connectivity index (χ0n) is 11.7. The summed E-state index contributed by atoms with van der Waals surface area (Å²) in [6.45, 7) is 3.17. The lowest BCUT2D eigenvalue weighted by Gasteiger charge is -2.38. The van der Waals surface area contributed by atoms with Crippen LogP contribution in [0.15, 0.2) is 12.7 Å². The monoisotopic (exact) mass is 272 g/mol. The van der Waals surface area contributed by atoms with Gasteiger partial charge in [-0.25, -0.2) is 15.0 Å². The topological polar surface area (TPSA) is 69.7 Å². The third-order valence-corrected chi connectivity index (χ3v) is 4.70. The summed E-state index contributed by atoms with van der Waals surface area (Å²) < 4.78 is 0. The first kappa shape index (κ1) is 12.1. The Kier molecular flexibility index (Phi) is 2.84. The van der Waals surface area contributed by atoms with Crippen LogP contribution in [-0.2, 0) is 0 Å². The summed E-state index contributed by atoms with van der Waals surface area (Å²) in [5.74, 6) is 1.00. The smallest absolute Gasteiger partial charge is 0.182 e. The summed E-state index contributed by atoms with van der Waals surface area (Å²) in [7, 11) is 0. The quantitative estimate of drug-likeness (QED) is 0.885. The molecule has 106 valence electrons. The Morgan fingerprint density at radius 1 is 1.20 bits per heavy atom. The molecule has 6 nitrogen and oxygen atoms in total. The predicted octanol–water partition coefficient (Wildman–Crippen LogP) is 1.46. The van der Waals surface area contributed by atoms with E-state index < -0.39 is 0 Å². The molecule has 2 fully saturated rings. The first-order valence-electron chi connectivity index (χ1n) is 7.52. The van der Waals surface area contributed by atoms with Gasteiger partial charge in [-0.2, -0.15) is 0 Å². The zero-order valence-corrected chi connectivity index (χ0v) is 11.7. The van der Waals surface area contributed by atoms with E-state index in [1.165, 1.54) is 25.7 Å². The standard InChI is InChI=1S/C14H20N6/c1-2-20(11-5-9-3-4-10(6-11)19-9)14-12-13(16-7-15-12)17-8-18-14/h7-11,19H,2-6H2,1H3,(H,15,16,17,18). The van der Waals surface area contributed by atoms with Crippen LogP contribution in [0.4, 0.5) is 5.82 Å². The van der Waals surface area contributed by atoms with Gasteiger partial charge in [0.1, 0.15) is 11.8 Å². The van der Waals surface area contributed by atoms with Crippen molar-refractivity contribution in [3.63, 3.8) is 0 Å². The van der Waals surface area contributed by atoms with Crippen molar-refractivity contribution in [1.29, 1.82) is 0 Å². The number of rotatable bonds is 3. The van der Waals surface area contributed by atoms with E-state index in [2.05, 4.69) is 37.1 Å². The van der Waals surface area contributed by atoms with Crippen LogP contribution in [0.2, 0.25) is 0 Å². The van der Waals surface area contributed by atoms with Crippen LogP contribution in [0.1, 0.15) is 32.6 Å². The molecule has 2 saturated heterocycles. The number of aromatic amines is 1. The van der Waals surface area contributed by atoms with Crippen molar-refractivity contribution in [2.45, 2.75) is 50.7 Å². The lowest BCUT2D eigenvalue weighted by Crippen LogP contribution is -2.48. The lowest BCUT2D eigenvalue weighted by atomic mass is 9.98. The van der Waals surface area contributed by atoms with Crippen molar-refractivity contribution in [1.82, 2.24) is 25.3 Å². The van der Waals surface area contributed by atoms with Crippen molar-refractivity contribution < 1.29 is 0 Å². The molecule has 2 aliphatic rings. The zero-order chi connectivity index (χ0) is 13.5. The van der Waals surface area contributed by atoms with E-state index in [1.807, 2.05) is 0 Å². The maximum absolute atomic E-state index is 4.52. The van der Waals surface area contributed by atoms with E-state index in [9.17, 15) is 0 Å². The molecule has 4 heterocycles. The van der Waals surface area contributed by atoms with Crippen molar-refractivity contribution in [3.8, 4) is 0 Å². The van der Waals surface area contributed by atoms with E-state index in [1.54, 1.807) is 12.7 Å². The van der Waals surface area contributed by atoms with Crippen LogP contribution >= 0.6 is 0 Å². The first-order valence-corrected chi connectivity index (χ1v) is 7.52. The summed E-state index contributed by atoms with van der Waals surface area (Å²) in [5, 5.41) is 3.70. The molecule has 2 unspecified atom stereocenters. The fourth-order valence-electron chi connectivity index (χ4n) is 3.83. The number of nitrogens with one attached hydrogen (secondary N) is 2. The molecule has 2 aliphatic heterocycles. The van der Waals surface area contributed by atoms with Gasteiger partial charge in [-0.1, -0.05) is 0 Å². The third kappa shape index (κ3) is 1.86. The highest BCUT2D eigenvalue weighted by atomic mass is 15.2. The van der Waals surface area contributed by atoms with Gasteiger partial charge in [0.25, 0.3) is 0 Å². The van der Waals surface area contributed by atoms with Gasteiger partial charge in [-0.3, -0.25) is 0 Å². The maximum Gasteiger partial charge on any atom is 0.182 e. The molecular weight excluding hydrogens is 252 g/mol. The lowest BCUT2D eigenvalue weighted by molar-refractivity contribution is 0.348. The van der Waals surface area contributed by atoms with E-state index in [-0.39, 0.29) is 0 Å². The minimum absolute atomic E-state index is 0.570. The molecule has 0 spiro atoms. The Morgan fingerprint density at radius 2 is 2.00 bits per heavy atom. The van der Waals surface area contributed by atoms with Gasteiger partial charge in [-0.05, 0) is 32.6 Å². The predicted molar refractivity (Wildman–Crippen MR) is 77.7 cm³/mol. The molecule has 2 aromatic heterocycles. The van der Waals surface area contributed by atoms with Gasteiger partial charge in [0.05, 0.1) is 6.33 Å². The number of anilines is 1. The van der Waals surface area contributed by atoms with Crippen LogP contribution in [0.3, 0.4) is 0 Å². The average molecular weight is 272 g/mol. The second-order valence-electron chi connectivity index (χ2n) is 5.85.